The van der Waals surface area contributed by atoms with Crippen molar-refractivity contribution in [3.05, 3.63) is 36.4 Å². The summed E-state index contributed by atoms with van der Waals surface area (Å²) in [5, 5.41) is 0. The van der Waals surface area contributed by atoms with Gasteiger partial charge in [0.2, 0.25) is 5.91 Å². The standard InChI is InChI=1S/C20H27NO3/c1-2-23-18-9-5-6-10-19(18)24-17-11-13-21(14-12-17)20(22)15-16-7-3-4-8-16/h3,5-7,9-10,16-17H,2,4,8,11-15H2,1H3/t16-/m1/s1. The number of benzene rings is 1. The summed E-state index contributed by atoms with van der Waals surface area (Å²) in [6.45, 7) is 4.18. The Morgan fingerprint density at radius 2 is 1.92 bits per heavy atom. The van der Waals surface area contributed by atoms with Crippen LogP contribution in [0.3, 0.4) is 0 Å². The van der Waals surface area contributed by atoms with Crippen LogP contribution in [0.25, 0.3) is 0 Å². The maximum absolute atomic E-state index is 12.4. The summed E-state index contributed by atoms with van der Waals surface area (Å²) in [5.74, 6) is 2.34. The van der Waals surface area contributed by atoms with Gasteiger partial charge in [0.05, 0.1) is 6.61 Å². The van der Waals surface area contributed by atoms with E-state index >= 15 is 0 Å². The van der Waals surface area contributed by atoms with Crippen LogP contribution in [0.1, 0.15) is 39.0 Å². The molecule has 24 heavy (non-hydrogen) atoms. The van der Waals surface area contributed by atoms with E-state index < -0.39 is 0 Å². The van der Waals surface area contributed by atoms with E-state index in [1.54, 1.807) is 0 Å². The summed E-state index contributed by atoms with van der Waals surface area (Å²) >= 11 is 0. The second kappa shape index (κ2) is 8.22. The molecular formula is C20H27NO3. The lowest BCUT2D eigenvalue weighted by atomic mass is 10.0. The second-order valence-electron chi connectivity index (χ2n) is 6.55. The van der Waals surface area contributed by atoms with Crippen LogP contribution in [0.4, 0.5) is 0 Å². The molecule has 0 bridgehead atoms. The van der Waals surface area contributed by atoms with Crippen molar-refractivity contribution in [1.82, 2.24) is 4.90 Å². The van der Waals surface area contributed by atoms with Crippen molar-refractivity contribution >= 4 is 5.91 Å². The minimum absolute atomic E-state index is 0.155. The first-order valence-electron chi connectivity index (χ1n) is 9.09. The van der Waals surface area contributed by atoms with E-state index in [1.807, 2.05) is 36.1 Å². The summed E-state index contributed by atoms with van der Waals surface area (Å²) < 4.78 is 11.7. The van der Waals surface area contributed by atoms with E-state index in [4.69, 9.17) is 9.47 Å². The van der Waals surface area contributed by atoms with Crippen LogP contribution in [-0.2, 0) is 4.79 Å². The first-order chi connectivity index (χ1) is 11.8. The van der Waals surface area contributed by atoms with Gasteiger partial charge >= 0.3 is 0 Å². The van der Waals surface area contributed by atoms with E-state index in [-0.39, 0.29) is 6.10 Å². The number of amides is 1. The van der Waals surface area contributed by atoms with Gasteiger partial charge in [-0.15, -0.1) is 0 Å². The van der Waals surface area contributed by atoms with Gasteiger partial charge in [0.1, 0.15) is 6.10 Å². The third kappa shape index (κ3) is 4.31. The normalized spacial score (nSPS) is 21.0. The molecule has 3 rings (SSSR count). The highest BCUT2D eigenvalue weighted by Gasteiger charge is 2.26. The Labute approximate surface area is 144 Å². The fourth-order valence-electron chi connectivity index (χ4n) is 3.44. The summed E-state index contributed by atoms with van der Waals surface area (Å²) in [7, 11) is 0. The van der Waals surface area contributed by atoms with Crippen molar-refractivity contribution in [3.8, 4) is 11.5 Å². The molecule has 130 valence electrons. The minimum Gasteiger partial charge on any atom is -0.490 e. The lowest BCUT2D eigenvalue weighted by Gasteiger charge is -2.33. The molecule has 0 saturated carbocycles. The smallest absolute Gasteiger partial charge is 0.223 e. The Bertz CT molecular complexity index is 576. The maximum Gasteiger partial charge on any atom is 0.223 e. The maximum atomic E-state index is 12.4. The van der Waals surface area contributed by atoms with Crippen molar-refractivity contribution in [2.24, 2.45) is 5.92 Å². The summed E-state index contributed by atoms with van der Waals surface area (Å²) in [5.41, 5.74) is 0. The molecule has 1 amide bonds. The highest BCUT2D eigenvalue weighted by molar-refractivity contribution is 5.76. The van der Waals surface area contributed by atoms with Gasteiger partial charge in [-0.05, 0) is 37.8 Å². The van der Waals surface area contributed by atoms with Crippen molar-refractivity contribution in [2.45, 2.75) is 45.1 Å². The van der Waals surface area contributed by atoms with Gasteiger partial charge < -0.3 is 14.4 Å². The fraction of sp³-hybridized carbons (Fsp3) is 0.550. The number of ether oxygens (including phenoxy) is 2. The minimum atomic E-state index is 0.155. The zero-order valence-corrected chi connectivity index (χ0v) is 14.4. The third-order valence-corrected chi connectivity index (χ3v) is 4.79. The molecule has 1 atom stereocenters. The molecule has 0 spiro atoms. The lowest BCUT2D eigenvalue weighted by molar-refractivity contribution is -0.133. The van der Waals surface area contributed by atoms with Gasteiger partial charge in [0, 0.05) is 32.4 Å². The molecule has 1 saturated heterocycles. The van der Waals surface area contributed by atoms with Crippen molar-refractivity contribution in [3.63, 3.8) is 0 Å². The molecule has 0 radical (unpaired) electrons. The number of hydrogen-bond acceptors (Lipinski definition) is 3. The van der Waals surface area contributed by atoms with E-state index in [2.05, 4.69) is 12.2 Å². The number of carbonyl (C=O) groups excluding carboxylic acids is 1. The fourth-order valence-corrected chi connectivity index (χ4v) is 3.44. The van der Waals surface area contributed by atoms with Crippen LogP contribution in [0.5, 0.6) is 11.5 Å². The van der Waals surface area contributed by atoms with E-state index in [1.165, 1.54) is 0 Å². The first kappa shape index (κ1) is 16.9. The summed E-state index contributed by atoms with van der Waals surface area (Å²) in [4.78, 5) is 14.4. The molecule has 1 fully saturated rings. The molecule has 1 aromatic carbocycles. The number of nitrogens with zero attached hydrogens (tertiary/aromatic N) is 1. The van der Waals surface area contributed by atoms with E-state index in [9.17, 15) is 4.79 Å². The number of hydrogen-bond donors (Lipinski definition) is 0. The summed E-state index contributed by atoms with van der Waals surface area (Å²) in [6.07, 6.45) is 9.20. The topological polar surface area (TPSA) is 38.8 Å². The molecular weight excluding hydrogens is 302 g/mol. The van der Waals surface area contributed by atoms with Crippen molar-refractivity contribution in [2.75, 3.05) is 19.7 Å². The van der Waals surface area contributed by atoms with Crippen LogP contribution in [0, 0.1) is 5.92 Å². The highest BCUT2D eigenvalue weighted by Crippen LogP contribution is 2.29. The molecule has 1 aliphatic carbocycles. The average Bonchev–Trinajstić information content (AvgIpc) is 3.10. The van der Waals surface area contributed by atoms with Crippen LogP contribution < -0.4 is 9.47 Å². The van der Waals surface area contributed by atoms with Crippen LogP contribution in [0.15, 0.2) is 36.4 Å². The largest absolute Gasteiger partial charge is 0.490 e. The number of rotatable bonds is 6. The van der Waals surface area contributed by atoms with Crippen LogP contribution >= 0.6 is 0 Å². The molecule has 0 N–H and O–H groups in total. The summed E-state index contributed by atoms with van der Waals surface area (Å²) in [6, 6.07) is 7.81. The quantitative estimate of drug-likeness (QED) is 0.745. The van der Waals surface area contributed by atoms with Gasteiger partial charge in [-0.1, -0.05) is 24.3 Å². The zero-order valence-electron chi connectivity index (χ0n) is 14.4. The van der Waals surface area contributed by atoms with Crippen molar-refractivity contribution in [1.29, 1.82) is 0 Å². The number of allylic oxidation sites excluding steroid dienone is 2. The Kier molecular flexibility index (Phi) is 5.78. The first-order valence-corrected chi connectivity index (χ1v) is 9.09. The highest BCUT2D eigenvalue weighted by atomic mass is 16.5. The predicted octanol–water partition coefficient (Wildman–Crippen LogP) is 3.81. The number of piperidine rings is 1. The molecule has 2 aliphatic rings. The lowest BCUT2D eigenvalue weighted by Crippen LogP contribution is -2.42. The number of likely N-dealkylation sites (tertiary alicyclic amines) is 1. The van der Waals surface area contributed by atoms with Gasteiger partial charge in [-0.2, -0.15) is 0 Å². The zero-order chi connectivity index (χ0) is 16.8. The molecule has 4 nitrogen and oxygen atoms in total. The monoisotopic (exact) mass is 329 g/mol. The Morgan fingerprint density at radius 1 is 1.17 bits per heavy atom. The third-order valence-electron chi connectivity index (χ3n) is 4.79. The molecule has 0 unspecified atom stereocenters. The average molecular weight is 329 g/mol. The molecule has 1 aromatic rings. The number of para-hydroxylation sites is 2. The van der Waals surface area contributed by atoms with Crippen LogP contribution in [-0.4, -0.2) is 36.6 Å². The van der Waals surface area contributed by atoms with Gasteiger partial charge in [-0.3, -0.25) is 4.79 Å². The second-order valence-corrected chi connectivity index (χ2v) is 6.55. The van der Waals surface area contributed by atoms with E-state index in [0.29, 0.717) is 24.9 Å². The number of carbonyl (C=O) groups is 1. The van der Waals surface area contributed by atoms with Crippen LogP contribution in [0.2, 0.25) is 0 Å². The van der Waals surface area contributed by atoms with Gasteiger partial charge in [-0.25, -0.2) is 0 Å². The predicted molar refractivity (Wildman–Crippen MR) is 94.3 cm³/mol. The Balaban J connectivity index is 1.48. The molecule has 1 heterocycles. The van der Waals surface area contributed by atoms with E-state index in [0.717, 1.165) is 50.3 Å². The molecule has 0 aromatic heterocycles. The molecule has 1 aliphatic heterocycles. The SMILES string of the molecule is CCOc1ccccc1OC1CCN(C(=O)C[C@@H]2C=CCC2)CC1. The van der Waals surface area contributed by atoms with Gasteiger partial charge in [0.15, 0.2) is 11.5 Å². The van der Waals surface area contributed by atoms with Gasteiger partial charge in [0.25, 0.3) is 0 Å². The van der Waals surface area contributed by atoms with Crippen molar-refractivity contribution < 1.29 is 14.3 Å². The Hall–Kier alpha value is -1.97. The Morgan fingerprint density at radius 3 is 2.58 bits per heavy atom. The molecule has 4 heteroatoms.